The number of aromatic nitrogens is 2. The van der Waals surface area contributed by atoms with Gasteiger partial charge in [0.05, 0.1) is 5.69 Å². The number of nitrogens with zero attached hydrogens (tertiary/aromatic N) is 3. The molecule has 0 radical (unpaired) electrons. The molecular formula is C15H19N3O2. The first kappa shape index (κ1) is 14.2. The molecule has 0 N–H and O–H groups in total. The van der Waals surface area contributed by atoms with Crippen molar-refractivity contribution < 1.29 is 9.36 Å². The van der Waals surface area contributed by atoms with Gasteiger partial charge in [-0.1, -0.05) is 29.7 Å². The molecule has 106 valence electrons. The van der Waals surface area contributed by atoms with E-state index in [1.807, 2.05) is 31.3 Å². The predicted molar refractivity (Wildman–Crippen MR) is 77.3 cm³/mol. The van der Waals surface area contributed by atoms with Gasteiger partial charge in [-0.25, -0.2) is 0 Å². The number of unbranched alkanes of at least 4 members (excludes halogenated alkanes) is 2. The van der Waals surface area contributed by atoms with Crippen LogP contribution < -0.4 is 0 Å². The van der Waals surface area contributed by atoms with Crippen molar-refractivity contribution in [3.63, 3.8) is 0 Å². The molecule has 5 heteroatoms. The van der Waals surface area contributed by atoms with Crippen LogP contribution in [0.2, 0.25) is 0 Å². The highest BCUT2D eigenvalue weighted by atomic mass is 16.6. The second kappa shape index (κ2) is 7.43. The second-order valence-corrected chi connectivity index (χ2v) is 4.59. The van der Waals surface area contributed by atoms with Crippen molar-refractivity contribution in [3.8, 4) is 11.5 Å². The van der Waals surface area contributed by atoms with E-state index in [4.69, 9.17) is 9.36 Å². The van der Waals surface area contributed by atoms with Crippen LogP contribution in [0.15, 0.2) is 34.1 Å². The van der Waals surface area contributed by atoms with Crippen LogP contribution in [-0.2, 0) is 11.4 Å². The van der Waals surface area contributed by atoms with Crippen LogP contribution in [0.1, 0.15) is 37.4 Å². The van der Waals surface area contributed by atoms with Crippen LogP contribution in [0.5, 0.6) is 0 Å². The standard InChI is InChI=1S/C15H19N3O2/c1-3-4-5-8-17-19-11-13-6-7-14(16-10-13)15-9-12(2)18-20-15/h6-10H,3-5,11H2,1-2H3. The fourth-order valence-corrected chi connectivity index (χ4v) is 1.65. The summed E-state index contributed by atoms with van der Waals surface area (Å²) < 4.78 is 5.16. The average molecular weight is 273 g/mol. The number of hydrogen-bond donors (Lipinski definition) is 0. The summed E-state index contributed by atoms with van der Waals surface area (Å²) in [5.41, 5.74) is 2.58. The molecule has 0 spiro atoms. The third-order valence-electron chi connectivity index (χ3n) is 2.77. The van der Waals surface area contributed by atoms with Crippen molar-refractivity contribution in [2.45, 2.75) is 39.7 Å². The first-order chi connectivity index (χ1) is 9.79. The predicted octanol–water partition coefficient (Wildman–Crippen LogP) is 3.74. The zero-order chi connectivity index (χ0) is 14.2. The summed E-state index contributed by atoms with van der Waals surface area (Å²) in [6.45, 7) is 4.45. The maximum absolute atomic E-state index is 5.21. The molecule has 0 saturated carbocycles. The Bertz CT molecular complexity index is 547. The Hall–Kier alpha value is -2.17. The molecule has 0 aliphatic heterocycles. The number of rotatable bonds is 7. The van der Waals surface area contributed by atoms with Gasteiger partial charge >= 0.3 is 0 Å². The normalized spacial score (nSPS) is 11.1. The van der Waals surface area contributed by atoms with Crippen molar-refractivity contribution in [1.29, 1.82) is 0 Å². The Morgan fingerprint density at radius 2 is 2.30 bits per heavy atom. The van der Waals surface area contributed by atoms with Crippen molar-refractivity contribution in [2.24, 2.45) is 5.16 Å². The highest BCUT2D eigenvalue weighted by Gasteiger charge is 2.05. The Kier molecular flexibility index (Phi) is 5.29. The minimum Gasteiger partial charge on any atom is -0.391 e. The first-order valence-corrected chi connectivity index (χ1v) is 6.82. The molecule has 0 aromatic carbocycles. The average Bonchev–Trinajstić information content (AvgIpc) is 2.90. The molecule has 0 saturated heterocycles. The number of aryl methyl sites for hydroxylation is 1. The fourth-order valence-electron chi connectivity index (χ4n) is 1.65. The fraction of sp³-hybridized carbons (Fsp3) is 0.400. The summed E-state index contributed by atoms with van der Waals surface area (Å²) in [4.78, 5) is 9.53. The van der Waals surface area contributed by atoms with Gasteiger partial charge in [0.15, 0.2) is 5.76 Å². The van der Waals surface area contributed by atoms with Gasteiger partial charge in [-0.2, -0.15) is 0 Å². The molecule has 0 atom stereocenters. The molecule has 0 amide bonds. The van der Waals surface area contributed by atoms with Gasteiger partial charge in [0.1, 0.15) is 12.3 Å². The Labute approximate surface area is 118 Å². The van der Waals surface area contributed by atoms with Crippen LogP contribution >= 0.6 is 0 Å². The van der Waals surface area contributed by atoms with E-state index in [9.17, 15) is 0 Å². The summed E-state index contributed by atoms with van der Waals surface area (Å²) in [5.74, 6) is 0.674. The monoisotopic (exact) mass is 273 g/mol. The summed E-state index contributed by atoms with van der Waals surface area (Å²) in [6, 6.07) is 5.69. The minimum atomic E-state index is 0.422. The highest BCUT2D eigenvalue weighted by molar-refractivity contribution is 5.56. The maximum atomic E-state index is 5.21. The van der Waals surface area contributed by atoms with E-state index in [1.165, 1.54) is 6.42 Å². The molecule has 0 bridgehead atoms. The Morgan fingerprint density at radius 3 is 2.95 bits per heavy atom. The van der Waals surface area contributed by atoms with Gasteiger partial charge in [0, 0.05) is 24.0 Å². The molecule has 0 unspecified atom stereocenters. The lowest BCUT2D eigenvalue weighted by atomic mass is 10.2. The van der Waals surface area contributed by atoms with Crippen molar-refractivity contribution >= 4 is 6.21 Å². The van der Waals surface area contributed by atoms with Crippen molar-refractivity contribution in [3.05, 3.63) is 35.7 Å². The van der Waals surface area contributed by atoms with E-state index in [1.54, 1.807) is 6.20 Å². The largest absolute Gasteiger partial charge is 0.391 e. The number of hydrogen-bond acceptors (Lipinski definition) is 5. The van der Waals surface area contributed by atoms with Crippen LogP contribution in [0.4, 0.5) is 0 Å². The molecular weight excluding hydrogens is 254 g/mol. The van der Waals surface area contributed by atoms with E-state index in [0.29, 0.717) is 12.4 Å². The minimum absolute atomic E-state index is 0.422. The lowest BCUT2D eigenvalue weighted by molar-refractivity contribution is 0.131. The molecule has 2 aromatic heterocycles. The van der Waals surface area contributed by atoms with Crippen LogP contribution in [0, 0.1) is 6.92 Å². The summed E-state index contributed by atoms with van der Waals surface area (Å²) in [7, 11) is 0. The second-order valence-electron chi connectivity index (χ2n) is 4.59. The topological polar surface area (TPSA) is 60.5 Å². The summed E-state index contributed by atoms with van der Waals surface area (Å²) >= 11 is 0. The number of pyridine rings is 1. The van der Waals surface area contributed by atoms with Gasteiger partial charge in [0.2, 0.25) is 0 Å². The lowest BCUT2D eigenvalue weighted by Gasteiger charge is -2.00. The van der Waals surface area contributed by atoms with Crippen LogP contribution in [0.25, 0.3) is 11.5 Å². The van der Waals surface area contributed by atoms with Gasteiger partial charge in [-0.05, 0) is 25.8 Å². The smallest absolute Gasteiger partial charge is 0.185 e. The molecule has 20 heavy (non-hydrogen) atoms. The van der Waals surface area contributed by atoms with Crippen molar-refractivity contribution in [2.75, 3.05) is 0 Å². The number of oxime groups is 1. The van der Waals surface area contributed by atoms with Gasteiger partial charge in [-0.3, -0.25) is 4.98 Å². The first-order valence-electron chi connectivity index (χ1n) is 6.82. The Morgan fingerprint density at radius 1 is 1.40 bits per heavy atom. The molecule has 2 aromatic rings. The molecule has 0 aliphatic rings. The molecule has 0 fully saturated rings. The summed E-state index contributed by atoms with van der Waals surface area (Å²) in [5, 5.41) is 7.75. The highest BCUT2D eigenvalue weighted by Crippen LogP contribution is 2.17. The summed E-state index contributed by atoms with van der Waals surface area (Å²) in [6.07, 6.45) is 6.83. The van der Waals surface area contributed by atoms with E-state index in [2.05, 4.69) is 22.2 Å². The lowest BCUT2D eigenvalue weighted by Crippen LogP contribution is -1.90. The molecule has 0 aliphatic carbocycles. The van der Waals surface area contributed by atoms with Gasteiger partial charge in [-0.15, -0.1) is 0 Å². The van der Waals surface area contributed by atoms with Crippen LogP contribution in [-0.4, -0.2) is 16.4 Å². The van der Waals surface area contributed by atoms with Crippen LogP contribution in [0.3, 0.4) is 0 Å². The maximum Gasteiger partial charge on any atom is 0.185 e. The zero-order valence-corrected chi connectivity index (χ0v) is 11.9. The third-order valence-corrected chi connectivity index (χ3v) is 2.77. The molecule has 2 heterocycles. The van der Waals surface area contributed by atoms with Crippen molar-refractivity contribution in [1.82, 2.24) is 10.1 Å². The van der Waals surface area contributed by atoms with E-state index < -0.39 is 0 Å². The SMILES string of the molecule is CCCCC=NOCc1ccc(-c2cc(C)no2)nc1. The van der Waals surface area contributed by atoms with Gasteiger partial charge < -0.3 is 9.36 Å². The third kappa shape index (κ3) is 4.19. The zero-order valence-electron chi connectivity index (χ0n) is 11.9. The van der Waals surface area contributed by atoms with Gasteiger partial charge in [0.25, 0.3) is 0 Å². The van der Waals surface area contributed by atoms with E-state index >= 15 is 0 Å². The van der Waals surface area contributed by atoms with E-state index in [0.717, 1.165) is 29.8 Å². The molecule has 2 rings (SSSR count). The van der Waals surface area contributed by atoms with E-state index in [-0.39, 0.29) is 0 Å². The Balaban J connectivity index is 1.84. The molecule has 5 nitrogen and oxygen atoms in total. The quantitative estimate of drug-likeness (QED) is 0.438.